The molecule has 2 aromatic heterocycles. The van der Waals surface area contributed by atoms with Crippen molar-refractivity contribution in [2.45, 2.75) is 0 Å². The molecule has 2 heterocycles. The fraction of sp³-hybridized carbons (Fsp3) is 0. The van der Waals surface area contributed by atoms with Crippen molar-refractivity contribution in [3.8, 4) is 0 Å². The summed E-state index contributed by atoms with van der Waals surface area (Å²) in [4.78, 5) is 17.0. The third kappa shape index (κ3) is 2.19. The molecule has 20 heavy (non-hydrogen) atoms. The van der Waals surface area contributed by atoms with E-state index in [1.807, 2.05) is 18.2 Å². The van der Waals surface area contributed by atoms with Gasteiger partial charge in [0.1, 0.15) is 17.4 Å². The summed E-state index contributed by atoms with van der Waals surface area (Å²) in [6.45, 7) is 0. The molecular formula is C14H11ClN3O2+. The third-order valence-corrected chi connectivity index (χ3v) is 3.21. The summed E-state index contributed by atoms with van der Waals surface area (Å²) in [7, 11) is 0. The first kappa shape index (κ1) is 12.5. The summed E-state index contributed by atoms with van der Waals surface area (Å²) in [6, 6.07) is 9.11. The molecule has 0 spiro atoms. The molecule has 6 heteroatoms. The first-order valence-electron chi connectivity index (χ1n) is 5.93. The van der Waals surface area contributed by atoms with Crippen LogP contribution in [-0.4, -0.2) is 16.1 Å². The molecule has 0 saturated carbocycles. The summed E-state index contributed by atoms with van der Waals surface area (Å²) in [5.41, 5.74) is 1.58. The van der Waals surface area contributed by atoms with E-state index < -0.39 is 5.97 Å². The number of hydrogen-bond donors (Lipinski definition) is 3. The smallest absolute Gasteiger partial charge is 0.341 e. The molecule has 100 valence electrons. The number of rotatable bonds is 3. The molecule has 5 nitrogen and oxygen atoms in total. The van der Waals surface area contributed by atoms with Crippen molar-refractivity contribution in [3.63, 3.8) is 0 Å². The SMILES string of the molecule is O=C(O)c1c[nH+]c(Nc2cccc(Cl)c2)c2cc[nH]c12. The quantitative estimate of drug-likeness (QED) is 0.693. The minimum atomic E-state index is -0.983. The molecule has 0 amide bonds. The van der Waals surface area contributed by atoms with Gasteiger partial charge >= 0.3 is 5.97 Å². The van der Waals surface area contributed by atoms with Crippen molar-refractivity contribution >= 4 is 40.0 Å². The molecule has 0 aliphatic rings. The molecule has 0 fully saturated rings. The lowest BCUT2D eigenvalue weighted by molar-refractivity contribution is -0.359. The van der Waals surface area contributed by atoms with E-state index in [1.54, 1.807) is 18.3 Å². The number of halogens is 1. The number of anilines is 2. The van der Waals surface area contributed by atoms with Crippen LogP contribution in [0.15, 0.2) is 42.7 Å². The second-order valence-corrected chi connectivity index (χ2v) is 4.72. The summed E-state index contributed by atoms with van der Waals surface area (Å²) in [6.07, 6.45) is 3.15. The van der Waals surface area contributed by atoms with Crippen LogP contribution in [0.5, 0.6) is 0 Å². The zero-order valence-corrected chi connectivity index (χ0v) is 11.0. The molecule has 0 saturated heterocycles. The predicted molar refractivity (Wildman–Crippen MR) is 76.5 cm³/mol. The Labute approximate surface area is 119 Å². The number of hydrogen-bond acceptors (Lipinski definition) is 2. The number of aromatic carboxylic acids is 1. The minimum absolute atomic E-state index is 0.196. The summed E-state index contributed by atoms with van der Waals surface area (Å²) in [5.74, 6) is -0.281. The van der Waals surface area contributed by atoms with Crippen LogP contribution in [0.25, 0.3) is 10.9 Å². The van der Waals surface area contributed by atoms with Crippen LogP contribution in [0.4, 0.5) is 11.5 Å². The zero-order chi connectivity index (χ0) is 14.1. The first-order valence-corrected chi connectivity index (χ1v) is 6.30. The average molecular weight is 289 g/mol. The van der Waals surface area contributed by atoms with E-state index in [1.165, 1.54) is 6.20 Å². The minimum Gasteiger partial charge on any atom is -0.477 e. The second kappa shape index (κ2) is 4.86. The largest absolute Gasteiger partial charge is 0.477 e. The Balaban J connectivity index is 2.07. The highest BCUT2D eigenvalue weighted by atomic mass is 35.5. The average Bonchev–Trinajstić information content (AvgIpc) is 2.88. The van der Waals surface area contributed by atoms with E-state index in [9.17, 15) is 4.79 Å². The molecule has 4 N–H and O–H groups in total. The van der Waals surface area contributed by atoms with Crippen LogP contribution in [0.1, 0.15) is 10.4 Å². The number of carboxylic acid groups (broad SMARTS) is 1. The zero-order valence-electron chi connectivity index (χ0n) is 10.3. The number of H-pyrrole nitrogens is 2. The van der Waals surface area contributed by atoms with E-state index >= 15 is 0 Å². The van der Waals surface area contributed by atoms with Crippen molar-refractivity contribution < 1.29 is 14.9 Å². The van der Waals surface area contributed by atoms with Crippen molar-refractivity contribution in [1.82, 2.24) is 4.98 Å². The predicted octanol–water partition coefficient (Wildman–Crippen LogP) is 3.08. The van der Waals surface area contributed by atoms with Gasteiger partial charge in [-0.3, -0.25) is 0 Å². The van der Waals surface area contributed by atoms with Crippen molar-refractivity contribution in [2.24, 2.45) is 0 Å². The van der Waals surface area contributed by atoms with Gasteiger partial charge in [-0.25, -0.2) is 15.1 Å². The van der Waals surface area contributed by atoms with E-state index in [-0.39, 0.29) is 5.56 Å². The lowest BCUT2D eigenvalue weighted by Gasteiger charge is -2.02. The Morgan fingerprint density at radius 3 is 2.95 bits per heavy atom. The molecule has 0 radical (unpaired) electrons. The van der Waals surface area contributed by atoms with Crippen molar-refractivity contribution in [3.05, 3.63) is 53.3 Å². The van der Waals surface area contributed by atoms with Crippen molar-refractivity contribution in [1.29, 1.82) is 0 Å². The Bertz CT molecular complexity index is 798. The van der Waals surface area contributed by atoms with Gasteiger partial charge in [0.2, 0.25) is 0 Å². The second-order valence-electron chi connectivity index (χ2n) is 4.28. The van der Waals surface area contributed by atoms with Gasteiger partial charge in [-0.1, -0.05) is 17.7 Å². The lowest BCUT2D eigenvalue weighted by Crippen LogP contribution is -2.13. The van der Waals surface area contributed by atoms with Crippen LogP contribution in [0, 0.1) is 0 Å². The molecule has 3 aromatic rings. The first-order chi connectivity index (χ1) is 9.65. The van der Waals surface area contributed by atoms with Gasteiger partial charge in [0, 0.05) is 17.3 Å². The highest BCUT2D eigenvalue weighted by molar-refractivity contribution is 6.30. The number of benzene rings is 1. The number of aromatic nitrogens is 2. The highest BCUT2D eigenvalue weighted by Crippen LogP contribution is 2.25. The summed E-state index contributed by atoms with van der Waals surface area (Å²) < 4.78 is 0. The molecule has 1 aromatic carbocycles. The molecule has 3 rings (SSSR count). The van der Waals surface area contributed by atoms with Gasteiger partial charge in [-0.2, -0.15) is 0 Å². The maximum atomic E-state index is 11.1. The van der Waals surface area contributed by atoms with E-state index in [0.717, 1.165) is 11.1 Å². The lowest BCUT2D eigenvalue weighted by atomic mass is 10.2. The Hall–Kier alpha value is -2.53. The van der Waals surface area contributed by atoms with Gasteiger partial charge in [-0.05, 0) is 18.2 Å². The number of aromatic amines is 2. The Kier molecular flexibility index (Phi) is 3.04. The summed E-state index contributed by atoms with van der Waals surface area (Å²) >= 11 is 5.94. The monoisotopic (exact) mass is 288 g/mol. The fourth-order valence-corrected chi connectivity index (χ4v) is 2.27. The van der Waals surface area contributed by atoms with E-state index in [4.69, 9.17) is 16.7 Å². The van der Waals surface area contributed by atoms with Crippen LogP contribution in [0.3, 0.4) is 0 Å². The molecule has 0 aliphatic heterocycles. The standard InChI is InChI=1S/C14H10ClN3O2/c15-8-2-1-3-9(6-8)18-13-10-4-5-16-12(10)11(7-17-13)14(19)20/h1-7,16H,(H,17,18)(H,19,20)/p+1. The molecule has 0 atom stereocenters. The Morgan fingerprint density at radius 2 is 2.20 bits per heavy atom. The Morgan fingerprint density at radius 1 is 1.35 bits per heavy atom. The van der Waals surface area contributed by atoms with Crippen LogP contribution in [0.2, 0.25) is 5.02 Å². The maximum absolute atomic E-state index is 11.1. The van der Waals surface area contributed by atoms with Gasteiger partial charge in [-0.15, -0.1) is 0 Å². The van der Waals surface area contributed by atoms with Crippen LogP contribution >= 0.6 is 11.6 Å². The van der Waals surface area contributed by atoms with Gasteiger partial charge in [0.05, 0.1) is 10.9 Å². The van der Waals surface area contributed by atoms with Gasteiger partial charge < -0.3 is 10.1 Å². The normalized spacial score (nSPS) is 10.7. The van der Waals surface area contributed by atoms with Gasteiger partial charge in [0.15, 0.2) is 0 Å². The fourth-order valence-electron chi connectivity index (χ4n) is 2.08. The maximum Gasteiger partial charge on any atom is 0.341 e. The molecule has 0 unspecified atom stereocenters. The third-order valence-electron chi connectivity index (χ3n) is 2.97. The summed E-state index contributed by atoms with van der Waals surface area (Å²) in [5, 5.41) is 13.7. The van der Waals surface area contributed by atoms with Crippen LogP contribution in [-0.2, 0) is 0 Å². The number of carboxylic acids is 1. The number of pyridine rings is 1. The molecule has 0 aliphatic carbocycles. The van der Waals surface area contributed by atoms with E-state index in [2.05, 4.69) is 15.3 Å². The topological polar surface area (TPSA) is 79.3 Å². The van der Waals surface area contributed by atoms with Crippen LogP contribution < -0.4 is 10.3 Å². The number of carbonyl (C=O) groups is 1. The molecule has 0 bridgehead atoms. The number of nitrogens with one attached hydrogen (secondary N) is 3. The molecular weight excluding hydrogens is 278 g/mol. The number of fused-ring (bicyclic) bond motifs is 1. The van der Waals surface area contributed by atoms with Gasteiger partial charge in [0.25, 0.3) is 5.82 Å². The highest BCUT2D eigenvalue weighted by Gasteiger charge is 2.17. The van der Waals surface area contributed by atoms with Crippen molar-refractivity contribution in [2.75, 3.05) is 5.32 Å². The van der Waals surface area contributed by atoms with E-state index in [0.29, 0.717) is 16.4 Å².